The van der Waals surface area contributed by atoms with Crippen LogP contribution in [0.2, 0.25) is 0 Å². The van der Waals surface area contributed by atoms with Crippen molar-refractivity contribution >= 4 is 0 Å². The number of hydrogen-bond acceptors (Lipinski definition) is 2. The molecule has 0 amide bonds. The van der Waals surface area contributed by atoms with Crippen molar-refractivity contribution in [1.82, 2.24) is 0 Å². The number of hydrogen-bond donors (Lipinski definition) is 1. The molecule has 0 aromatic heterocycles. The second kappa shape index (κ2) is 5.96. The Kier molecular flexibility index (Phi) is 4.62. The summed E-state index contributed by atoms with van der Waals surface area (Å²) in [5.41, 5.74) is -0.451. The highest BCUT2D eigenvalue weighted by Gasteiger charge is 2.38. The van der Waals surface area contributed by atoms with Gasteiger partial charge in [-0.15, -0.1) is 0 Å². The van der Waals surface area contributed by atoms with Crippen LogP contribution in [0.4, 0.5) is 4.39 Å². The maximum Gasteiger partial charge on any atom is 0.171 e. The van der Waals surface area contributed by atoms with Crippen molar-refractivity contribution in [2.24, 2.45) is 11.3 Å². The highest BCUT2D eigenvalue weighted by Crippen LogP contribution is 2.44. The maximum absolute atomic E-state index is 14.5. The summed E-state index contributed by atoms with van der Waals surface area (Å²) in [6.07, 6.45) is 4.17. The van der Waals surface area contributed by atoms with E-state index >= 15 is 0 Å². The molecule has 21 heavy (non-hydrogen) atoms. The minimum Gasteiger partial charge on any atom is -0.494 e. The molecule has 2 atom stereocenters. The molecule has 0 aliphatic heterocycles. The normalized spacial score (nSPS) is 27.2. The summed E-state index contributed by atoms with van der Waals surface area (Å²) in [6.45, 7) is 6.73. The zero-order valence-electron chi connectivity index (χ0n) is 13.6. The predicted molar refractivity (Wildman–Crippen MR) is 82.9 cm³/mol. The first-order chi connectivity index (χ1) is 9.78. The van der Waals surface area contributed by atoms with Gasteiger partial charge in [0, 0.05) is 5.56 Å². The molecule has 0 spiro atoms. The fourth-order valence-electron chi connectivity index (χ4n) is 3.49. The van der Waals surface area contributed by atoms with E-state index in [-0.39, 0.29) is 11.2 Å². The standard InChI is InChI=1S/C18H27FO2/c1-17(2,3)13-7-6-11-18(20,12-10-13)14-8-5-9-15(21-4)16(14)19/h5,8-9,13,20H,6-7,10-12H2,1-4H3. The van der Waals surface area contributed by atoms with E-state index in [9.17, 15) is 9.50 Å². The van der Waals surface area contributed by atoms with Gasteiger partial charge in [-0.25, -0.2) is 4.39 Å². The Morgan fingerprint density at radius 1 is 1.24 bits per heavy atom. The van der Waals surface area contributed by atoms with E-state index in [1.165, 1.54) is 7.11 Å². The van der Waals surface area contributed by atoms with Gasteiger partial charge in [-0.3, -0.25) is 0 Å². The molecular weight excluding hydrogens is 267 g/mol. The molecule has 0 bridgehead atoms. The number of aliphatic hydroxyl groups is 1. The number of rotatable bonds is 2. The van der Waals surface area contributed by atoms with Gasteiger partial charge in [0.05, 0.1) is 12.7 Å². The molecule has 2 nitrogen and oxygen atoms in total. The quantitative estimate of drug-likeness (QED) is 0.805. The van der Waals surface area contributed by atoms with Gasteiger partial charge in [0.1, 0.15) is 0 Å². The van der Waals surface area contributed by atoms with Crippen LogP contribution in [-0.4, -0.2) is 12.2 Å². The third-order valence-corrected chi connectivity index (χ3v) is 4.96. The van der Waals surface area contributed by atoms with Crippen LogP contribution >= 0.6 is 0 Å². The highest BCUT2D eigenvalue weighted by atomic mass is 19.1. The second-order valence-electron chi connectivity index (χ2n) is 7.35. The molecule has 1 saturated carbocycles. The van der Waals surface area contributed by atoms with Crippen LogP contribution in [-0.2, 0) is 5.60 Å². The van der Waals surface area contributed by atoms with Gasteiger partial charge in [-0.2, -0.15) is 0 Å². The minimum atomic E-state index is -1.07. The topological polar surface area (TPSA) is 29.5 Å². The Bertz CT molecular complexity index is 492. The molecule has 1 aromatic carbocycles. The average Bonchev–Trinajstić information content (AvgIpc) is 2.61. The Morgan fingerprint density at radius 2 is 1.95 bits per heavy atom. The van der Waals surface area contributed by atoms with Crippen molar-refractivity contribution in [2.45, 2.75) is 58.5 Å². The summed E-state index contributed by atoms with van der Waals surface area (Å²) in [5.74, 6) is 0.356. The monoisotopic (exact) mass is 294 g/mol. The first-order valence-corrected chi connectivity index (χ1v) is 7.83. The zero-order valence-corrected chi connectivity index (χ0v) is 13.6. The highest BCUT2D eigenvalue weighted by molar-refractivity contribution is 5.34. The van der Waals surface area contributed by atoms with Crippen LogP contribution < -0.4 is 4.74 Å². The van der Waals surface area contributed by atoms with Crippen molar-refractivity contribution in [3.63, 3.8) is 0 Å². The number of benzene rings is 1. The summed E-state index contributed by atoms with van der Waals surface area (Å²) in [5, 5.41) is 11.0. The maximum atomic E-state index is 14.5. The largest absolute Gasteiger partial charge is 0.494 e. The lowest BCUT2D eigenvalue weighted by molar-refractivity contribution is 0.0142. The molecule has 1 aliphatic rings. The molecule has 1 fully saturated rings. The molecule has 2 unspecified atom stereocenters. The van der Waals surface area contributed by atoms with E-state index in [1.54, 1.807) is 18.2 Å². The summed E-state index contributed by atoms with van der Waals surface area (Å²) in [7, 11) is 1.45. The van der Waals surface area contributed by atoms with Gasteiger partial charge in [0.25, 0.3) is 0 Å². The SMILES string of the molecule is COc1cccc(C2(O)CCCC(C(C)(C)C)CC2)c1F. The predicted octanol–water partition coefficient (Wildman–Crippen LogP) is 4.65. The first kappa shape index (κ1) is 16.3. The van der Waals surface area contributed by atoms with Gasteiger partial charge >= 0.3 is 0 Å². The van der Waals surface area contributed by atoms with Gasteiger partial charge in [0.15, 0.2) is 11.6 Å². The second-order valence-corrected chi connectivity index (χ2v) is 7.35. The number of halogens is 1. The lowest BCUT2D eigenvalue weighted by Gasteiger charge is -2.31. The third kappa shape index (κ3) is 3.39. The molecule has 0 radical (unpaired) electrons. The lowest BCUT2D eigenvalue weighted by Crippen LogP contribution is -2.27. The molecule has 1 aromatic rings. The summed E-state index contributed by atoms with van der Waals surface area (Å²) in [6, 6.07) is 5.04. The van der Waals surface area contributed by atoms with Gasteiger partial charge in [-0.1, -0.05) is 32.9 Å². The Balaban J connectivity index is 2.27. The van der Waals surface area contributed by atoms with Crippen LogP contribution in [0.15, 0.2) is 18.2 Å². The van der Waals surface area contributed by atoms with Gasteiger partial charge in [-0.05, 0) is 49.5 Å². The van der Waals surface area contributed by atoms with Crippen LogP contribution in [0.3, 0.4) is 0 Å². The van der Waals surface area contributed by atoms with Crippen LogP contribution in [0.1, 0.15) is 58.4 Å². The minimum absolute atomic E-state index is 0.206. The summed E-state index contributed by atoms with van der Waals surface area (Å²) < 4.78 is 19.5. The van der Waals surface area contributed by atoms with Crippen LogP contribution in [0.5, 0.6) is 5.75 Å². The van der Waals surface area contributed by atoms with E-state index in [2.05, 4.69) is 20.8 Å². The van der Waals surface area contributed by atoms with Gasteiger partial charge < -0.3 is 9.84 Å². The average molecular weight is 294 g/mol. The lowest BCUT2D eigenvalue weighted by atomic mass is 9.76. The fourth-order valence-corrected chi connectivity index (χ4v) is 3.49. The van der Waals surface area contributed by atoms with Crippen molar-refractivity contribution in [3.05, 3.63) is 29.6 Å². The summed E-state index contributed by atoms with van der Waals surface area (Å²) >= 11 is 0. The molecule has 1 N–H and O–H groups in total. The van der Waals surface area contributed by atoms with Crippen molar-refractivity contribution in [3.8, 4) is 5.75 Å². The Labute approximate surface area is 127 Å². The van der Waals surface area contributed by atoms with Crippen molar-refractivity contribution in [1.29, 1.82) is 0 Å². The van der Waals surface area contributed by atoms with E-state index in [0.717, 1.165) is 19.3 Å². The van der Waals surface area contributed by atoms with E-state index in [1.807, 2.05) is 0 Å². The van der Waals surface area contributed by atoms with Crippen molar-refractivity contribution in [2.75, 3.05) is 7.11 Å². The number of ether oxygens (including phenoxy) is 1. The molecule has 0 saturated heterocycles. The van der Waals surface area contributed by atoms with E-state index in [4.69, 9.17) is 4.74 Å². The van der Waals surface area contributed by atoms with Crippen molar-refractivity contribution < 1.29 is 14.2 Å². The molecule has 3 heteroatoms. The molecule has 1 aliphatic carbocycles. The summed E-state index contributed by atoms with van der Waals surface area (Å²) in [4.78, 5) is 0. The molecule has 0 heterocycles. The zero-order chi connectivity index (χ0) is 15.7. The Hall–Kier alpha value is -1.09. The van der Waals surface area contributed by atoms with E-state index < -0.39 is 11.4 Å². The number of methoxy groups -OCH3 is 1. The fraction of sp³-hybridized carbons (Fsp3) is 0.667. The molecular formula is C18H27FO2. The van der Waals surface area contributed by atoms with E-state index in [0.29, 0.717) is 24.3 Å². The van der Waals surface area contributed by atoms with Gasteiger partial charge in [0.2, 0.25) is 0 Å². The van der Waals surface area contributed by atoms with Crippen LogP contribution in [0, 0.1) is 17.2 Å². The first-order valence-electron chi connectivity index (χ1n) is 7.83. The Morgan fingerprint density at radius 3 is 2.57 bits per heavy atom. The molecule has 2 rings (SSSR count). The smallest absolute Gasteiger partial charge is 0.171 e. The van der Waals surface area contributed by atoms with Crippen LogP contribution in [0.25, 0.3) is 0 Å². The molecule has 118 valence electrons. The third-order valence-electron chi connectivity index (χ3n) is 4.96.